The molecule has 0 saturated heterocycles. The van der Waals surface area contributed by atoms with Crippen LogP contribution in [0.15, 0.2) is 23.3 Å². The van der Waals surface area contributed by atoms with Crippen molar-refractivity contribution in [3.63, 3.8) is 0 Å². The van der Waals surface area contributed by atoms with Crippen LogP contribution in [0, 0.1) is 5.92 Å². The normalized spacial score (nSPS) is 24.9. The van der Waals surface area contributed by atoms with Crippen LogP contribution in [0.5, 0.6) is 0 Å². The monoisotopic (exact) mass is 176 g/mol. The summed E-state index contributed by atoms with van der Waals surface area (Å²) in [4.78, 5) is 0. The zero-order valence-electron chi connectivity index (χ0n) is 7.07. The van der Waals surface area contributed by atoms with Crippen molar-refractivity contribution in [3.8, 4) is 0 Å². The maximum atomic E-state index is 12.2. The second-order valence-corrected chi connectivity index (χ2v) is 3.24. The molecule has 1 rings (SSSR count). The van der Waals surface area contributed by atoms with Gasteiger partial charge in [0, 0.05) is 5.57 Å². The average molecular weight is 176 g/mol. The Morgan fingerprint density at radius 2 is 1.92 bits per heavy atom. The van der Waals surface area contributed by atoms with E-state index >= 15 is 0 Å². The first-order valence-electron chi connectivity index (χ1n) is 3.86. The fourth-order valence-corrected chi connectivity index (χ4v) is 1.43. The van der Waals surface area contributed by atoms with Gasteiger partial charge in [0.1, 0.15) is 0 Å². The third-order valence-corrected chi connectivity index (χ3v) is 2.03. The molecular formula is C9H11F3. The molecule has 1 aliphatic rings. The molecule has 0 nitrogen and oxygen atoms in total. The summed E-state index contributed by atoms with van der Waals surface area (Å²) in [6, 6.07) is 0. The van der Waals surface area contributed by atoms with Crippen molar-refractivity contribution < 1.29 is 13.2 Å². The van der Waals surface area contributed by atoms with E-state index in [9.17, 15) is 13.2 Å². The summed E-state index contributed by atoms with van der Waals surface area (Å²) in [5.41, 5.74) is 0.601. The SMILES string of the molecule is CC1=CC=C(C(F)(F)F)C(C)C1. The highest BCUT2D eigenvalue weighted by Crippen LogP contribution is 2.36. The molecule has 0 bridgehead atoms. The molecule has 0 saturated carbocycles. The van der Waals surface area contributed by atoms with E-state index in [4.69, 9.17) is 0 Å². The Balaban J connectivity index is 2.91. The van der Waals surface area contributed by atoms with Gasteiger partial charge in [-0.05, 0) is 19.3 Å². The van der Waals surface area contributed by atoms with Gasteiger partial charge in [-0.2, -0.15) is 13.2 Å². The van der Waals surface area contributed by atoms with Crippen molar-refractivity contribution in [1.29, 1.82) is 0 Å². The highest BCUT2D eigenvalue weighted by atomic mass is 19.4. The Bertz CT molecular complexity index is 233. The molecule has 3 heteroatoms. The van der Waals surface area contributed by atoms with Gasteiger partial charge in [0.2, 0.25) is 0 Å². The molecule has 0 aromatic rings. The van der Waals surface area contributed by atoms with Crippen LogP contribution in [0.4, 0.5) is 13.2 Å². The second-order valence-electron chi connectivity index (χ2n) is 3.24. The van der Waals surface area contributed by atoms with Crippen LogP contribution in [0.1, 0.15) is 20.3 Å². The molecule has 1 unspecified atom stereocenters. The van der Waals surface area contributed by atoms with E-state index in [1.807, 2.05) is 6.92 Å². The third kappa shape index (κ3) is 1.90. The van der Waals surface area contributed by atoms with Crippen molar-refractivity contribution in [3.05, 3.63) is 23.3 Å². The number of hydrogen-bond donors (Lipinski definition) is 0. The number of alkyl halides is 3. The minimum atomic E-state index is -4.16. The lowest BCUT2D eigenvalue weighted by Crippen LogP contribution is -2.20. The molecule has 68 valence electrons. The summed E-state index contributed by atoms with van der Waals surface area (Å²) >= 11 is 0. The van der Waals surface area contributed by atoms with E-state index in [2.05, 4.69) is 0 Å². The highest BCUT2D eigenvalue weighted by Gasteiger charge is 2.37. The minimum absolute atomic E-state index is 0.394. The van der Waals surface area contributed by atoms with E-state index in [0.29, 0.717) is 6.42 Å². The summed E-state index contributed by atoms with van der Waals surface area (Å²) in [6.45, 7) is 3.45. The fourth-order valence-electron chi connectivity index (χ4n) is 1.43. The van der Waals surface area contributed by atoms with E-state index in [0.717, 1.165) is 5.57 Å². The zero-order chi connectivity index (χ0) is 9.35. The summed E-state index contributed by atoms with van der Waals surface area (Å²) < 4.78 is 36.7. The van der Waals surface area contributed by atoms with Gasteiger partial charge in [0.05, 0.1) is 0 Å². The van der Waals surface area contributed by atoms with Crippen molar-refractivity contribution in [2.75, 3.05) is 0 Å². The summed E-state index contributed by atoms with van der Waals surface area (Å²) in [7, 11) is 0. The first-order chi connectivity index (χ1) is 5.41. The zero-order valence-corrected chi connectivity index (χ0v) is 7.07. The van der Waals surface area contributed by atoms with Crippen LogP contribution in [0.25, 0.3) is 0 Å². The van der Waals surface area contributed by atoms with E-state index in [-0.39, 0.29) is 0 Å². The summed E-state index contributed by atoms with van der Waals surface area (Å²) in [6.07, 6.45) is -0.908. The fraction of sp³-hybridized carbons (Fsp3) is 0.556. The van der Waals surface area contributed by atoms with Gasteiger partial charge in [-0.25, -0.2) is 0 Å². The van der Waals surface area contributed by atoms with Crippen molar-refractivity contribution in [2.24, 2.45) is 5.92 Å². The maximum Gasteiger partial charge on any atom is 0.412 e. The highest BCUT2D eigenvalue weighted by molar-refractivity contribution is 5.27. The van der Waals surface area contributed by atoms with Gasteiger partial charge in [-0.3, -0.25) is 0 Å². The average Bonchev–Trinajstić information content (AvgIpc) is 1.83. The Kier molecular flexibility index (Phi) is 2.31. The van der Waals surface area contributed by atoms with Gasteiger partial charge in [-0.1, -0.05) is 24.6 Å². The number of hydrogen-bond acceptors (Lipinski definition) is 0. The first kappa shape index (κ1) is 9.36. The molecular weight excluding hydrogens is 165 g/mol. The van der Waals surface area contributed by atoms with Crippen molar-refractivity contribution in [2.45, 2.75) is 26.4 Å². The van der Waals surface area contributed by atoms with Crippen LogP contribution in [0.2, 0.25) is 0 Å². The van der Waals surface area contributed by atoms with Crippen LogP contribution >= 0.6 is 0 Å². The van der Waals surface area contributed by atoms with Crippen molar-refractivity contribution >= 4 is 0 Å². The number of rotatable bonds is 0. The second kappa shape index (κ2) is 2.96. The number of halogens is 3. The molecule has 0 aromatic carbocycles. The van der Waals surface area contributed by atoms with Crippen LogP contribution in [-0.2, 0) is 0 Å². The van der Waals surface area contributed by atoms with E-state index in [1.54, 1.807) is 13.0 Å². The standard InChI is InChI=1S/C9H11F3/c1-6-3-4-8(7(2)5-6)9(10,11)12/h3-4,7H,5H2,1-2H3. The lowest BCUT2D eigenvalue weighted by molar-refractivity contribution is -0.0985. The van der Waals surface area contributed by atoms with Crippen LogP contribution in [0.3, 0.4) is 0 Å². The van der Waals surface area contributed by atoms with Gasteiger partial charge in [0.15, 0.2) is 0 Å². The van der Waals surface area contributed by atoms with Crippen LogP contribution < -0.4 is 0 Å². The molecule has 12 heavy (non-hydrogen) atoms. The Morgan fingerprint density at radius 1 is 1.33 bits per heavy atom. The molecule has 0 aliphatic heterocycles. The molecule has 0 aromatic heterocycles. The topological polar surface area (TPSA) is 0 Å². The van der Waals surface area contributed by atoms with E-state index in [1.165, 1.54) is 6.08 Å². The molecule has 0 N–H and O–H groups in total. The molecule has 0 amide bonds. The lowest BCUT2D eigenvalue weighted by atomic mass is 9.89. The number of allylic oxidation sites excluding steroid dienone is 4. The molecule has 0 fully saturated rings. The van der Waals surface area contributed by atoms with Gasteiger partial charge in [0.25, 0.3) is 0 Å². The molecule has 1 atom stereocenters. The predicted octanol–water partition coefficient (Wildman–Crippen LogP) is 3.46. The Morgan fingerprint density at radius 3 is 2.33 bits per heavy atom. The summed E-state index contributed by atoms with van der Waals surface area (Å²) in [5, 5.41) is 0. The maximum absolute atomic E-state index is 12.2. The van der Waals surface area contributed by atoms with Gasteiger partial charge in [-0.15, -0.1) is 0 Å². The largest absolute Gasteiger partial charge is 0.412 e. The molecule has 1 aliphatic carbocycles. The predicted molar refractivity (Wildman–Crippen MR) is 41.7 cm³/mol. The van der Waals surface area contributed by atoms with Gasteiger partial charge < -0.3 is 0 Å². The Labute approximate surface area is 69.8 Å². The van der Waals surface area contributed by atoms with Crippen molar-refractivity contribution in [1.82, 2.24) is 0 Å². The van der Waals surface area contributed by atoms with Crippen LogP contribution in [-0.4, -0.2) is 6.18 Å². The summed E-state index contributed by atoms with van der Waals surface area (Å²) in [5.74, 6) is -0.394. The first-order valence-corrected chi connectivity index (χ1v) is 3.86. The molecule has 0 radical (unpaired) electrons. The quantitative estimate of drug-likeness (QED) is 0.530. The molecule has 0 spiro atoms. The van der Waals surface area contributed by atoms with E-state index < -0.39 is 17.7 Å². The Hall–Kier alpha value is -0.730. The smallest absolute Gasteiger partial charge is 0.166 e. The third-order valence-electron chi connectivity index (χ3n) is 2.03. The lowest BCUT2D eigenvalue weighted by Gasteiger charge is -2.21. The minimum Gasteiger partial charge on any atom is -0.166 e. The molecule has 0 heterocycles. The van der Waals surface area contributed by atoms with Gasteiger partial charge >= 0.3 is 6.18 Å².